The highest BCUT2D eigenvalue weighted by molar-refractivity contribution is 7.89. The fraction of sp³-hybridized carbons (Fsp3) is 0.448. The van der Waals surface area contributed by atoms with Crippen LogP contribution in [-0.2, 0) is 43.9 Å². The van der Waals surface area contributed by atoms with Crippen LogP contribution in [0.1, 0.15) is 64.2 Å². The first kappa shape index (κ1) is 30.2. The number of amides is 4. The van der Waals surface area contributed by atoms with Crippen LogP contribution >= 0.6 is 0 Å². The minimum absolute atomic E-state index is 0.0670. The molecule has 10 nitrogen and oxygen atoms in total. The van der Waals surface area contributed by atoms with E-state index in [2.05, 4.69) is 5.32 Å². The van der Waals surface area contributed by atoms with Gasteiger partial charge in [0, 0.05) is 44.7 Å². The Morgan fingerprint density at radius 3 is 2.32 bits per heavy atom. The van der Waals surface area contributed by atoms with Crippen molar-refractivity contribution in [2.45, 2.75) is 68.2 Å². The molecule has 4 heterocycles. The summed E-state index contributed by atoms with van der Waals surface area (Å²) in [5.74, 6) is -4.37. The number of nitrogens with zero attached hydrogens (tertiary/aromatic N) is 3. The van der Waals surface area contributed by atoms with Gasteiger partial charge in [-0.05, 0) is 78.1 Å². The van der Waals surface area contributed by atoms with Gasteiger partial charge in [0.1, 0.15) is 11.9 Å². The second kappa shape index (κ2) is 10.9. The number of benzene rings is 2. The number of sulfonamides is 1. The lowest BCUT2D eigenvalue weighted by Gasteiger charge is -2.33. The van der Waals surface area contributed by atoms with Crippen molar-refractivity contribution in [3.05, 3.63) is 64.0 Å². The Morgan fingerprint density at radius 2 is 1.64 bits per heavy atom. The van der Waals surface area contributed by atoms with Crippen molar-refractivity contribution in [2.75, 3.05) is 19.6 Å². The van der Waals surface area contributed by atoms with E-state index in [1.165, 1.54) is 27.4 Å². The molecule has 2 aromatic rings. The van der Waals surface area contributed by atoms with E-state index in [0.29, 0.717) is 40.0 Å². The highest BCUT2D eigenvalue weighted by Crippen LogP contribution is 2.39. The minimum Gasteiger partial charge on any atom is -0.330 e. The number of rotatable bonds is 4. The van der Waals surface area contributed by atoms with Gasteiger partial charge >= 0.3 is 12.1 Å². The number of halogens is 4. The third kappa shape index (κ3) is 5.36. The molecule has 1 unspecified atom stereocenters. The second-order valence-corrected chi connectivity index (χ2v) is 13.4. The van der Waals surface area contributed by atoms with E-state index in [4.69, 9.17) is 0 Å². The molecule has 15 heteroatoms. The van der Waals surface area contributed by atoms with Crippen LogP contribution in [0.4, 0.5) is 17.6 Å². The van der Waals surface area contributed by atoms with Crippen LogP contribution in [0.25, 0.3) is 0 Å². The summed E-state index contributed by atoms with van der Waals surface area (Å²) in [5.41, 5.74) is 2.31. The normalized spacial score (nSPS) is 21.7. The lowest BCUT2D eigenvalue weighted by Crippen LogP contribution is -2.52. The van der Waals surface area contributed by atoms with Crippen LogP contribution in [0.5, 0.6) is 0 Å². The average Bonchev–Trinajstić information content (AvgIpc) is 3.30. The van der Waals surface area contributed by atoms with Crippen molar-refractivity contribution in [1.82, 2.24) is 19.4 Å². The largest absolute Gasteiger partial charge is 0.471 e. The van der Waals surface area contributed by atoms with Gasteiger partial charge in [0.25, 0.3) is 5.91 Å². The monoisotopic (exact) mass is 636 g/mol. The van der Waals surface area contributed by atoms with E-state index < -0.39 is 51.7 Å². The fourth-order valence-electron chi connectivity index (χ4n) is 6.62. The zero-order chi connectivity index (χ0) is 31.6. The van der Waals surface area contributed by atoms with Gasteiger partial charge in [-0.15, -0.1) is 0 Å². The lowest BCUT2D eigenvalue weighted by atomic mass is 9.86. The summed E-state index contributed by atoms with van der Waals surface area (Å²) in [6.45, 7) is -0.237. The first-order valence-electron chi connectivity index (χ1n) is 14.2. The Labute approximate surface area is 250 Å². The molecule has 2 saturated heterocycles. The van der Waals surface area contributed by atoms with Crippen LogP contribution in [0.2, 0.25) is 0 Å². The molecule has 6 rings (SSSR count). The summed E-state index contributed by atoms with van der Waals surface area (Å²) in [5, 5.41) is 2.23. The van der Waals surface area contributed by atoms with Crippen LogP contribution < -0.4 is 5.32 Å². The number of fused-ring (bicyclic) bond motifs is 2. The first-order chi connectivity index (χ1) is 20.7. The third-order valence-corrected chi connectivity index (χ3v) is 10.8. The van der Waals surface area contributed by atoms with E-state index in [9.17, 15) is 45.2 Å². The lowest BCUT2D eigenvalue weighted by molar-refractivity contribution is -0.186. The van der Waals surface area contributed by atoms with Gasteiger partial charge in [-0.3, -0.25) is 24.5 Å². The van der Waals surface area contributed by atoms with E-state index in [0.717, 1.165) is 6.07 Å². The number of carbonyl (C=O) groups excluding carboxylic acids is 4. The molecule has 2 fully saturated rings. The van der Waals surface area contributed by atoms with E-state index in [1.807, 2.05) is 0 Å². The van der Waals surface area contributed by atoms with Gasteiger partial charge in [-0.1, -0.05) is 6.07 Å². The molecule has 4 aliphatic heterocycles. The predicted octanol–water partition coefficient (Wildman–Crippen LogP) is 2.60. The summed E-state index contributed by atoms with van der Waals surface area (Å²) in [4.78, 5) is 50.8. The fourth-order valence-corrected chi connectivity index (χ4v) is 8.14. The summed E-state index contributed by atoms with van der Waals surface area (Å²) in [6.07, 6.45) is -3.97. The maximum atomic E-state index is 14.7. The Bertz CT molecular complexity index is 1690. The number of hydrogen-bond donors (Lipinski definition) is 1. The summed E-state index contributed by atoms with van der Waals surface area (Å²) >= 11 is 0. The van der Waals surface area contributed by atoms with Crippen LogP contribution in [0, 0.1) is 5.82 Å². The number of piperidine rings is 2. The van der Waals surface area contributed by atoms with Crippen molar-refractivity contribution in [1.29, 1.82) is 0 Å². The molecule has 0 radical (unpaired) electrons. The Hall–Kier alpha value is -3.85. The van der Waals surface area contributed by atoms with Crippen molar-refractivity contribution in [3.63, 3.8) is 0 Å². The number of imide groups is 1. The highest BCUT2D eigenvalue weighted by atomic mass is 32.2. The molecule has 1 atom stereocenters. The molecule has 1 N–H and O–H groups in total. The van der Waals surface area contributed by atoms with Crippen LogP contribution in [0.3, 0.4) is 0 Å². The average molecular weight is 637 g/mol. The summed E-state index contributed by atoms with van der Waals surface area (Å²) in [6, 6.07) is 5.91. The smallest absolute Gasteiger partial charge is 0.330 e. The Kier molecular flexibility index (Phi) is 7.51. The molecule has 0 bridgehead atoms. The maximum absolute atomic E-state index is 14.7. The summed E-state index contributed by atoms with van der Waals surface area (Å²) in [7, 11) is -4.03. The Balaban J connectivity index is 1.17. The second-order valence-electron chi connectivity index (χ2n) is 11.5. The zero-order valence-corrected chi connectivity index (χ0v) is 24.1. The molecule has 2 aromatic carbocycles. The minimum atomic E-state index is -5.02. The van der Waals surface area contributed by atoms with E-state index in [-0.39, 0.29) is 68.4 Å². The summed E-state index contributed by atoms with van der Waals surface area (Å²) < 4.78 is 82.0. The molecule has 4 amide bonds. The van der Waals surface area contributed by atoms with Gasteiger partial charge in [-0.25, -0.2) is 12.8 Å². The molecule has 44 heavy (non-hydrogen) atoms. The molecule has 0 aliphatic carbocycles. The van der Waals surface area contributed by atoms with Gasteiger partial charge < -0.3 is 9.80 Å². The van der Waals surface area contributed by atoms with Gasteiger partial charge in [-0.2, -0.15) is 17.5 Å². The standard InChI is InChI=1S/C29H28F4N4O6S/c30-19-12-21(23-15-37(27(40)22(23)13-19)24-3-4-25(38)34-26(24)39)17-6-9-36(10-7-17)44(42,43)20-2-1-16-5-8-35(14-18(16)11-20)28(41)29(31,32)33/h1-2,11-13,17,24H,3-10,14-15H2,(H,34,38,39). The van der Waals surface area contributed by atoms with Crippen LogP contribution in [-0.4, -0.2) is 78.0 Å². The predicted molar refractivity (Wildman–Crippen MR) is 145 cm³/mol. The van der Waals surface area contributed by atoms with E-state index >= 15 is 0 Å². The maximum Gasteiger partial charge on any atom is 0.471 e. The van der Waals surface area contributed by atoms with Gasteiger partial charge in [0.2, 0.25) is 21.8 Å². The molecule has 0 saturated carbocycles. The number of carbonyl (C=O) groups is 4. The van der Waals surface area contributed by atoms with Crippen molar-refractivity contribution in [3.8, 4) is 0 Å². The molecular formula is C29H28F4N4O6S. The van der Waals surface area contributed by atoms with Crippen molar-refractivity contribution < 1.29 is 45.2 Å². The number of alkyl halides is 3. The van der Waals surface area contributed by atoms with Gasteiger partial charge in [0.05, 0.1) is 4.90 Å². The Morgan fingerprint density at radius 1 is 0.909 bits per heavy atom. The molecule has 4 aliphatic rings. The zero-order valence-electron chi connectivity index (χ0n) is 23.3. The molecule has 234 valence electrons. The quantitative estimate of drug-likeness (QED) is 0.407. The number of hydrogen-bond acceptors (Lipinski definition) is 6. The third-order valence-electron chi connectivity index (χ3n) is 8.91. The van der Waals surface area contributed by atoms with Crippen LogP contribution in [0.15, 0.2) is 35.2 Å². The highest BCUT2D eigenvalue weighted by Gasteiger charge is 2.44. The first-order valence-corrected chi connectivity index (χ1v) is 15.6. The molecule has 0 aromatic heterocycles. The topological polar surface area (TPSA) is 124 Å². The number of nitrogens with one attached hydrogen (secondary N) is 1. The molecule has 0 spiro atoms. The van der Waals surface area contributed by atoms with Crippen molar-refractivity contribution in [2.24, 2.45) is 0 Å². The van der Waals surface area contributed by atoms with Gasteiger partial charge in [0.15, 0.2) is 0 Å². The SMILES string of the molecule is O=C1CCC(N2Cc3c(cc(F)cc3C3CCN(S(=O)(=O)c4ccc5c(c4)CN(C(=O)C(F)(F)F)CC5)CC3)C2=O)C(=O)N1. The van der Waals surface area contributed by atoms with Crippen molar-refractivity contribution >= 4 is 33.7 Å². The molecular weight excluding hydrogens is 608 g/mol. The van der Waals surface area contributed by atoms with E-state index in [1.54, 1.807) is 6.07 Å².